The van der Waals surface area contributed by atoms with Gasteiger partial charge in [0, 0.05) is 5.69 Å². The minimum absolute atomic E-state index is 0.316. The van der Waals surface area contributed by atoms with Crippen LogP contribution in [-0.2, 0) is 0 Å². The molecule has 64 valence electrons. The molecule has 1 heterocycles. The van der Waals surface area contributed by atoms with Crippen LogP contribution in [0.25, 0.3) is 0 Å². The van der Waals surface area contributed by atoms with Crippen LogP contribution in [0, 0.1) is 0 Å². The summed E-state index contributed by atoms with van der Waals surface area (Å²) in [5, 5.41) is 0. The Hall–Kier alpha value is -0.110. The third-order valence-corrected chi connectivity index (χ3v) is 3.31. The van der Waals surface area contributed by atoms with Crippen molar-refractivity contribution in [2.24, 2.45) is 0 Å². The van der Waals surface area contributed by atoms with Crippen LogP contribution in [0.15, 0.2) is 30.3 Å². The van der Waals surface area contributed by atoms with Crippen LogP contribution in [0.1, 0.15) is 0 Å². The maximum atomic E-state index is 5.85. The number of hydrogen-bond donors (Lipinski definition) is 0. The zero-order chi connectivity index (χ0) is 8.77. The molecule has 2 rings (SSSR count). The van der Waals surface area contributed by atoms with Gasteiger partial charge >= 0.3 is 0 Å². The van der Waals surface area contributed by atoms with Crippen LogP contribution in [-0.4, -0.2) is 9.96 Å². The highest BCUT2D eigenvalue weighted by Crippen LogP contribution is 2.53. The molecule has 12 heavy (non-hydrogen) atoms. The molecule has 0 aromatic heterocycles. The van der Waals surface area contributed by atoms with Crippen LogP contribution >= 0.6 is 34.8 Å². The molecule has 0 radical (unpaired) electrons. The third kappa shape index (κ3) is 1.17. The second-order valence-corrected chi connectivity index (χ2v) is 4.39. The van der Waals surface area contributed by atoms with Gasteiger partial charge in [0.15, 0.2) is 5.50 Å². The molecule has 0 spiro atoms. The second kappa shape index (κ2) is 2.69. The molecule has 1 aliphatic rings. The van der Waals surface area contributed by atoms with Gasteiger partial charge in [0.05, 0.1) is 0 Å². The first kappa shape index (κ1) is 8.49. The average molecular weight is 223 g/mol. The van der Waals surface area contributed by atoms with Crippen molar-refractivity contribution in [3.8, 4) is 0 Å². The van der Waals surface area contributed by atoms with E-state index in [4.69, 9.17) is 34.8 Å². The molecule has 1 fully saturated rings. The molecule has 1 nitrogen and oxygen atoms in total. The van der Waals surface area contributed by atoms with Gasteiger partial charge in [-0.2, -0.15) is 0 Å². The summed E-state index contributed by atoms with van der Waals surface area (Å²) in [5.41, 5.74) is 0.630. The lowest BCUT2D eigenvalue weighted by atomic mass is 10.3. The number of halogens is 3. The van der Waals surface area contributed by atoms with Gasteiger partial charge in [-0.1, -0.05) is 53.0 Å². The van der Waals surface area contributed by atoms with E-state index < -0.39 is 4.46 Å². The van der Waals surface area contributed by atoms with Gasteiger partial charge in [0.25, 0.3) is 0 Å². The van der Waals surface area contributed by atoms with Crippen molar-refractivity contribution in [2.45, 2.75) is 9.96 Å². The van der Waals surface area contributed by atoms with Crippen molar-refractivity contribution in [3.05, 3.63) is 30.3 Å². The van der Waals surface area contributed by atoms with Gasteiger partial charge < -0.3 is 4.90 Å². The van der Waals surface area contributed by atoms with Gasteiger partial charge in [-0.3, -0.25) is 0 Å². The Balaban J connectivity index is 2.25. The summed E-state index contributed by atoms with van der Waals surface area (Å²) in [5.74, 6) is 0. The molecule has 0 aliphatic carbocycles. The summed E-state index contributed by atoms with van der Waals surface area (Å²) in [7, 11) is 0. The molecule has 4 heteroatoms. The summed E-state index contributed by atoms with van der Waals surface area (Å²) in [6, 6.07) is 9.60. The largest absolute Gasteiger partial charge is 0.316 e. The van der Waals surface area contributed by atoms with Crippen LogP contribution < -0.4 is 4.90 Å². The number of rotatable bonds is 1. The van der Waals surface area contributed by atoms with E-state index >= 15 is 0 Å². The summed E-state index contributed by atoms with van der Waals surface area (Å²) in [6.07, 6.45) is 0. The summed E-state index contributed by atoms with van der Waals surface area (Å²) in [4.78, 5) is 1.73. The standard InChI is InChI=1S/C8H6Cl3N/c9-7-8(10,11)12(7)6-4-2-1-3-5-6/h1-5,7H. The van der Waals surface area contributed by atoms with Crippen LogP contribution in [0.3, 0.4) is 0 Å². The fourth-order valence-corrected chi connectivity index (χ4v) is 2.01. The first-order valence-electron chi connectivity index (χ1n) is 3.50. The third-order valence-electron chi connectivity index (χ3n) is 1.80. The first-order chi connectivity index (χ1) is 5.64. The quantitative estimate of drug-likeness (QED) is 0.401. The predicted octanol–water partition coefficient (Wildman–Crippen LogP) is 3.20. The van der Waals surface area contributed by atoms with Gasteiger partial charge in [0.2, 0.25) is 4.46 Å². The molecule has 1 aliphatic heterocycles. The van der Waals surface area contributed by atoms with Crippen LogP contribution in [0.5, 0.6) is 0 Å². The highest BCUT2D eigenvalue weighted by molar-refractivity contribution is 6.58. The van der Waals surface area contributed by atoms with E-state index in [1.165, 1.54) is 0 Å². The predicted molar refractivity (Wildman–Crippen MR) is 53.0 cm³/mol. The fraction of sp³-hybridized carbons (Fsp3) is 0.250. The zero-order valence-corrected chi connectivity index (χ0v) is 8.31. The fourth-order valence-electron chi connectivity index (χ4n) is 1.11. The van der Waals surface area contributed by atoms with Gasteiger partial charge in [-0.05, 0) is 12.1 Å². The Labute approximate surface area is 85.8 Å². The van der Waals surface area contributed by atoms with Crippen LogP contribution in [0.2, 0.25) is 0 Å². The Morgan fingerprint density at radius 1 is 1.17 bits per heavy atom. The SMILES string of the molecule is ClC1N(c2ccccc2)C1(Cl)Cl. The lowest BCUT2D eigenvalue weighted by Crippen LogP contribution is -2.00. The topological polar surface area (TPSA) is 3.01 Å². The minimum atomic E-state index is -0.928. The molecule has 0 bridgehead atoms. The monoisotopic (exact) mass is 221 g/mol. The first-order valence-corrected chi connectivity index (χ1v) is 4.69. The molecule has 1 saturated heterocycles. The lowest BCUT2D eigenvalue weighted by molar-refractivity contribution is 1.30. The molecular formula is C8H6Cl3N. The van der Waals surface area contributed by atoms with Crippen molar-refractivity contribution >= 4 is 40.5 Å². The Bertz CT molecular complexity index is 286. The van der Waals surface area contributed by atoms with E-state index in [2.05, 4.69) is 0 Å². The van der Waals surface area contributed by atoms with Crippen molar-refractivity contribution in [3.63, 3.8) is 0 Å². The summed E-state index contributed by atoms with van der Waals surface area (Å²) >= 11 is 17.5. The number of hydrogen-bond acceptors (Lipinski definition) is 1. The summed E-state index contributed by atoms with van der Waals surface area (Å²) in [6.45, 7) is 0. The van der Waals surface area contributed by atoms with Crippen molar-refractivity contribution < 1.29 is 0 Å². The Morgan fingerprint density at radius 3 is 2.08 bits per heavy atom. The number of nitrogens with zero attached hydrogens (tertiary/aromatic N) is 1. The highest BCUT2D eigenvalue weighted by Gasteiger charge is 2.60. The van der Waals surface area contributed by atoms with E-state index in [0.29, 0.717) is 0 Å². The van der Waals surface area contributed by atoms with Crippen molar-refractivity contribution in [1.29, 1.82) is 0 Å². The Kier molecular flexibility index (Phi) is 1.90. The number of alkyl halides is 3. The highest BCUT2D eigenvalue weighted by atomic mass is 35.5. The normalized spacial score (nSPS) is 25.6. The van der Waals surface area contributed by atoms with Gasteiger partial charge in [-0.25, -0.2) is 0 Å². The van der Waals surface area contributed by atoms with E-state index in [1.54, 1.807) is 4.90 Å². The maximum Gasteiger partial charge on any atom is 0.226 e. The van der Waals surface area contributed by atoms with E-state index in [1.807, 2.05) is 30.3 Å². The van der Waals surface area contributed by atoms with E-state index in [9.17, 15) is 0 Å². The molecule has 1 aromatic carbocycles. The number of para-hydroxylation sites is 1. The van der Waals surface area contributed by atoms with Gasteiger partial charge in [0.1, 0.15) is 0 Å². The lowest BCUT2D eigenvalue weighted by Gasteiger charge is -2.03. The van der Waals surface area contributed by atoms with Crippen molar-refractivity contribution in [2.75, 3.05) is 4.90 Å². The van der Waals surface area contributed by atoms with E-state index in [0.717, 1.165) is 5.69 Å². The molecule has 1 aromatic rings. The molecule has 1 atom stereocenters. The number of anilines is 1. The van der Waals surface area contributed by atoms with Gasteiger partial charge in [-0.15, -0.1) is 0 Å². The van der Waals surface area contributed by atoms with E-state index in [-0.39, 0.29) is 5.50 Å². The molecular weight excluding hydrogens is 216 g/mol. The smallest absolute Gasteiger partial charge is 0.226 e. The van der Waals surface area contributed by atoms with Crippen molar-refractivity contribution in [1.82, 2.24) is 0 Å². The average Bonchev–Trinajstić information content (AvgIpc) is 2.53. The molecule has 0 N–H and O–H groups in total. The Morgan fingerprint density at radius 2 is 1.67 bits per heavy atom. The molecule has 0 amide bonds. The molecule has 1 unspecified atom stereocenters. The minimum Gasteiger partial charge on any atom is -0.316 e. The zero-order valence-electron chi connectivity index (χ0n) is 6.05. The maximum absolute atomic E-state index is 5.85. The second-order valence-electron chi connectivity index (χ2n) is 2.63. The number of benzene rings is 1. The summed E-state index contributed by atoms with van der Waals surface area (Å²) < 4.78 is -0.928. The van der Waals surface area contributed by atoms with Crippen LogP contribution in [0.4, 0.5) is 5.69 Å². The molecule has 0 saturated carbocycles.